The molecule has 2 aromatic carbocycles. The molecule has 118 valence electrons. The molecule has 0 atom stereocenters. The van der Waals surface area contributed by atoms with E-state index in [1.807, 2.05) is 0 Å². The van der Waals surface area contributed by atoms with Gasteiger partial charge in [-0.15, -0.1) is 0 Å². The van der Waals surface area contributed by atoms with Crippen molar-refractivity contribution in [2.24, 2.45) is 0 Å². The van der Waals surface area contributed by atoms with Crippen LogP contribution in [-0.2, 0) is 12.4 Å². The number of halogens is 8. The van der Waals surface area contributed by atoms with Crippen molar-refractivity contribution >= 4 is 11.6 Å². The average Bonchev–Trinajstić information content (AvgIpc) is 2.39. The maximum absolute atomic E-state index is 14.0. The highest BCUT2D eigenvalue weighted by molar-refractivity contribution is 6.31. The second kappa shape index (κ2) is 5.46. The average molecular weight is 343 g/mol. The maximum atomic E-state index is 14.0. The van der Waals surface area contributed by atoms with Crippen LogP contribution in [0.1, 0.15) is 11.1 Å². The van der Waals surface area contributed by atoms with Gasteiger partial charge in [0.15, 0.2) is 0 Å². The van der Waals surface area contributed by atoms with Crippen molar-refractivity contribution in [3.8, 4) is 11.1 Å². The smallest absolute Gasteiger partial charge is 0.205 e. The van der Waals surface area contributed by atoms with Crippen LogP contribution in [0.3, 0.4) is 0 Å². The molecule has 0 N–H and O–H groups in total. The van der Waals surface area contributed by atoms with Crippen LogP contribution in [0.5, 0.6) is 0 Å². The number of hydrogen-bond acceptors (Lipinski definition) is 0. The van der Waals surface area contributed by atoms with Crippen LogP contribution >= 0.6 is 11.6 Å². The molecule has 0 heterocycles. The van der Waals surface area contributed by atoms with E-state index in [1.54, 1.807) is 0 Å². The van der Waals surface area contributed by atoms with Gasteiger partial charge in [0.1, 0.15) is 5.82 Å². The third kappa shape index (κ3) is 3.04. The first-order chi connectivity index (χ1) is 10.0. The van der Waals surface area contributed by atoms with E-state index in [1.165, 1.54) is 0 Å². The minimum absolute atomic E-state index is 0.452. The van der Waals surface area contributed by atoms with Gasteiger partial charge in [-0.05, 0) is 23.8 Å². The van der Waals surface area contributed by atoms with Crippen molar-refractivity contribution in [2.75, 3.05) is 0 Å². The number of benzene rings is 2. The highest BCUT2D eigenvalue weighted by atomic mass is 35.5. The first-order valence-electron chi connectivity index (χ1n) is 5.75. The quantitative estimate of drug-likeness (QED) is 0.542. The van der Waals surface area contributed by atoms with Crippen molar-refractivity contribution in [2.45, 2.75) is 12.4 Å². The van der Waals surface area contributed by atoms with Crippen molar-refractivity contribution in [1.82, 2.24) is 0 Å². The molecule has 2 rings (SSSR count). The predicted octanol–water partition coefficient (Wildman–Crippen LogP) is 6.18. The lowest BCUT2D eigenvalue weighted by atomic mass is 9.94. The molecule has 0 aliphatic rings. The van der Waals surface area contributed by atoms with E-state index in [9.17, 15) is 30.7 Å². The van der Waals surface area contributed by atoms with Gasteiger partial charge >= 0.3 is 12.4 Å². The molecule has 0 bridgehead atoms. The van der Waals surface area contributed by atoms with Gasteiger partial charge < -0.3 is 0 Å². The van der Waals surface area contributed by atoms with Gasteiger partial charge in [-0.25, -0.2) is 4.39 Å². The molecule has 0 saturated heterocycles. The van der Waals surface area contributed by atoms with Gasteiger partial charge in [-0.2, -0.15) is 26.3 Å². The topological polar surface area (TPSA) is 0 Å². The van der Waals surface area contributed by atoms with Gasteiger partial charge in [0.05, 0.1) is 16.1 Å². The first kappa shape index (κ1) is 16.6. The van der Waals surface area contributed by atoms with Gasteiger partial charge in [0, 0.05) is 5.56 Å². The minimum Gasteiger partial charge on any atom is -0.205 e. The molecule has 0 fully saturated rings. The number of hydrogen-bond donors (Lipinski definition) is 0. The van der Waals surface area contributed by atoms with Crippen LogP contribution in [-0.4, -0.2) is 0 Å². The van der Waals surface area contributed by atoms with Crippen molar-refractivity contribution in [3.05, 3.63) is 58.4 Å². The molecule has 0 saturated carbocycles. The molecule has 0 aliphatic carbocycles. The number of alkyl halides is 6. The Hall–Kier alpha value is -1.76. The summed E-state index contributed by atoms with van der Waals surface area (Å²) in [6.07, 6.45) is -9.96. The van der Waals surface area contributed by atoms with E-state index < -0.39 is 45.4 Å². The standard InChI is InChI=1S/C14H6ClF7/c15-10-6-5-9(14(20,21)22)11(12(10)16)7-3-1-2-4-8(7)13(17,18)19/h1-6H. The molecule has 0 unspecified atom stereocenters. The normalized spacial score (nSPS) is 12.5. The van der Waals surface area contributed by atoms with Gasteiger partial charge in [0.25, 0.3) is 0 Å². The zero-order valence-electron chi connectivity index (χ0n) is 10.5. The first-order valence-corrected chi connectivity index (χ1v) is 6.13. The summed E-state index contributed by atoms with van der Waals surface area (Å²) in [6, 6.07) is 4.54. The van der Waals surface area contributed by atoms with E-state index in [0.717, 1.165) is 18.2 Å². The summed E-state index contributed by atoms with van der Waals surface area (Å²) in [4.78, 5) is 0. The third-order valence-corrected chi connectivity index (χ3v) is 3.19. The van der Waals surface area contributed by atoms with Gasteiger partial charge in [-0.3, -0.25) is 0 Å². The fraction of sp³-hybridized carbons (Fsp3) is 0.143. The fourth-order valence-electron chi connectivity index (χ4n) is 2.00. The summed E-state index contributed by atoms with van der Waals surface area (Å²) in [5.74, 6) is -1.55. The van der Waals surface area contributed by atoms with Crippen molar-refractivity contribution in [1.29, 1.82) is 0 Å². The molecule has 0 aromatic heterocycles. The minimum atomic E-state index is -5.03. The predicted molar refractivity (Wildman–Crippen MR) is 66.9 cm³/mol. The number of rotatable bonds is 1. The van der Waals surface area contributed by atoms with Crippen LogP contribution in [0.25, 0.3) is 11.1 Å². The second-order valence-electron chi connectivity index (χ2n) is 4.33. The Bertz CT molecular complexity index is 701. The van der Waals surface area contributed by atoms with E-state index in [-0.39, 0.29) is 0 Å². The van der Waals surface area contributed by atoms with Crippen LogP contribution < -0.4 is 0 Å². The SMILES string of the molecule is Fc1c(Cl)ccc(C(F)(F)F)c1-c1ccccc1C(F)(F)F. The summed E-state index contributed by atoms with van der Waals surface area (Å²) < 4.78 is 91.9. The molecule has 0 nitrogen and oxygen atoms in total. The van der Waals surface area contributed by atoms with Crippen LogP contribution in [0.4, 0.5) is 30.7 Å². The molecule has 0 amide bonds. The van der Waals surface area contributed by atoms with Crippen LogP contribution in [0.2, 0.25) is 5.02 Å². The summed E-state index contributed by atoms with van der Waals surface area (Å²) in [6.45, 7) is 0. The maximum Gasteiger partial charge on any atom is 0.417 e. The Balaban J connectivity index is 2.87. The molecule has 8 heteroatoms. The summed E-state index contributed by atoms with van der Waals surface area (Å²) in [7, 11) is 0. The van der Waals surface area contributed by atoms with Crippen LogP contribution in [0, 0.1) is 5.82 Å². The highest BCUT2D eigenvalue weighted by Gasteiger charge is 2.39. The monoisotopic (exact) mass is 342 g/mol. The molecule has 0 aliphatic heterocycles. The largest absolute Gasteiger partial charge is 0.417 e. The lowest BCUT2D eigenvalue weighted by Crippen LogP contribution is -2.12. The zero-order chi connectivity index (χ0) is 16.7. The Morgan fingerprint density at radius 2 is 1.27 bits per heavy atom. The highest BCUT2D eigenvalue weighted by Crippen LogP contribution is 2.44. The molecule has 22 heavy (non-hydrogen) atoms. The van der Waals surface area contributed by atoms with E-state index in [0.29, 0.717) is 18.2 Å². The van der Waals surface area contributed by atoms with Crippen LogP contribution in [0.15, 0.2) is 36.4 Å². The molecule has 0 radical (unpaired) electrons. The molecular weight excluding hydrogens is 337 g/mol. The fourth-order valence-corrected chi connectivity index (χ4v) is 2.16. The second-order valence-corrected chi connectivity index (χ2v) is 4.73. The Kier molecular flexibility index (Phi) is 4.12. The van der Waals surface area contributed by atoms with Crippen molar-refractivity contribution < 1.29 is 30.7 Å². The van der Waals surface area contributed by atoms with E-state index in [4.69, 9.17) is 11.6 Å². The zero-order valence-corrected chi connectivity index (χ0v) is 11.2. The van der Waals surface area contributed by atoms with Gasteiger partial charge in [-0.1, -0.05) is 29.8 Å². The Morgan fingerprint density at radius 1 is 0.727 bits per heavy atom. The van der Waals surface area contributed by atoms with E-state index >= 15 is 0 Å². The van der Waals surface area contributed by atoms with Crippen molar-refractivity contribution in [3.63, 3.8) is 0 Å². The molecular formula is C14H6ClF7. The molecule has 0 spiro atoms. The van der Waals surface area contributed by atoms with Gasteiger partial charge in [0.2, 0.25) is 0 Å². The summed E-state index contributed by atoms with van der Waals surface area (Å²) in [5, 5.41) is -0.694. The lowest BCUT2D eigenvalue weighted by molar-refractivity contribution is -0.139. The third-order valence-electron chi connectivity index (χ3n) is 2.90. The summed E-state index contributed by atoms with van der Waals surface area (Å²) in [5.41, 5.74) is -5.02. The Morgan fingerprint density at radius 3 is 1.82 bits per heavy atom. The lowest BCUT2D eigenvalue weighted by Gasteiger charge is -2.18. The van der Waals surface area contributed by atoms with E-state index in [2.05, 4.69) is 0 Å². The summed E-state index contributed by atoms with van der Waals surface area (Å²) >= 11 is 5.43. The Labute approximate surface area is 125 Å². The molecule has 2 aromatic rings.